The number of nitrogen functional groups attached to an aromatic ring is 1. The standard InChI is InChI=1S/C10H12F2N2/c1-7-3-2-4-8(9(7)13)14-5-10(11,12)6-14/h2-4H,5-6,13H2,1H3. The van der Waals surface area contributed by atoms with E-state index < -0.39 is 5.92 Å². The summed E-state index contributed by atoms with van der Waals surface area (Å²) in [5.74, 6) is -2.55. The van der Waals surface area contributed by atoms with Crippen molar-refractivity contribution in [3.8, 4) is 0 Å². The van der Waals surface area contributed by atoms with Crippen molar-refractivity contribution in [2.75, 3.05) is 23.7 Å². The van der Waals surface area contributed by atoms with E-state index in [-0.39, 0.29) is 13.1 Å². The zero-order valence-corrected chi connectivity index (χ0v) is 7.93. The summed E-state index contributed by atoms with van der Waals surface area (Å²) < 4.78 is 25.2. The average Bonchev–Trinajstić information content (AvgIpc) is 2.06. The highest BCUT2D eigenvalue weighted by Gasteiger charge is 2.44. The van der Waals surface area contributed by atoms with Gasteiger partial charge >= 0.3 is 0 Å². The van der Waals surface area contributed by atoms with Crippen LogP contribution >= 0.6 is 0 Å². The number of nitrogens with two attached hydrogens (primary N) is 1. The molecule has 0 spiro atoms. The Morgan fingerprint density at radius 3 is 2.57 bits per heavy atom. The van der Waals surface area contributed by atoms with Crippen molar-refractivity contribution in [3.05, 3.63) is 23.8 Å². The molecule has 0 bridgehead atoms. The van der Waals surface area contributed by atoms with Gasteiger partial charge in [-0.3, -0.25) is 0 Å². The van der Waals surface area contributed by atoms with Crippen LogP contribution in [0.4, 0.5) is 20.2 Å². The molecule has 0 atom stereocenters. The van der Waals surface area contributed by atoms with Gasteiger partial charge in [0, 0.05) is 0 Å². The van der Waals surface area contributed by atoms with Gasteiger partial charge < -0.3 is 10.6 Å². The maximum Gasteiger partial charge on any atom is 0.282 e. The van der Waals surface area contributed by atoms with E-state index in [1.54, 1.807) is 11.0 Å². The van der Waals surface area contributed by atoms with Crippen molar-refractivity contribution in [2.45, 2.75) is 12.8 Å². The molecule has 0 unspecified atom stereocenters. The molecule has 0 saturated carbocycles. The van der Waals surface area contributed by atoms with E-state index in [1.165, 1.54) is 0 Å². The number of alkyl halides is 2. The summed E-state index contributed by atoms with van der Waals surface area (Å²) in [5.41, 5.74) is 8.04. The van der Waals surface area contributed by atoms with Crippen LogP contribution in [0.3, 0.4) is 0 Å². The van der Waals surface area contributed by atoms with E-state index in [0.717, 1.165) is 11.3 Å². The monoisotopic (exact) mass is 198 g/mol. The highest BCUT2D eigenvalue weighted by atomic mass is 19.3. The van der Waals surface area contributed by atoms with E-state index in [4.69, 9.17) is 5.73 Å². The molecule has 1 aromatic carbocycles. The van der Waals surface area contributed by atoms with Crippen LogP contribution in [0.2, 0.25) is 0 Å². The molecule has 0 radical (unpaired) electrons. The van der Waals surface area contributed by atoms with Crippen LogP contribution in [0.25, 0.3) is 0 Å². The molecule has 2 nitrogen and oxygen atoms in total. The SMILES string of the molecule is Cc1cccc(N2CC(F)(F)C2)c1N. The van der Waals surface area contributed by atoms with Gasteiger partial charge in [-0.1, -0.05) is 12.1 Å². The van der Waals surface area contributed by atoms with Crippen LogP contribution in [0.15, 0.2) is 18.2 Å². The number of para-hydroxylation sites is 1. The molecule has 1 aliphatic rings. The van der Waals surface area contributed by atoms with Crippen molar-refractivity contribution < 1.29 is 8.78 Å². The second kappa shape index (κ2) is 2.83. The fourth-order valence-corrected chi connectivity index (χ4v) is 1.62. The first-order valence-electron chi connectivity index (χ1n) is 4.47. The van der Waals surface area contributed by atoms with Crippen molar-refractivity contribution in [1.82, 2.24) is 0 Å². The Labute approximate surface area is 81.3 Å². The van der Waals surface area contributed by atoms with E-state index in [9.17, 15) is 8.78 Å². The van der Waals surface area contributed by atoms with Gasteiger partial charge in [0.1, 0.15) is 0 Å². The fraction of sp³-hybridized carbons (Fsp3) is 0.400. The van der Waals surface area contributed by atoms with Crippen LogP contribution in [0.5, 0.6) is 0 Å². The minimum Gasteiger partial charge on any atom is -0.397 e. The number of rotatable bonds is 1. The second-order valence-electron chi connectivity index (χ2n) is 3.72. The third-order valence-electron chi connectivity index (χ3n) is 2.49. The smallest absolute Gasteiger partial charge is 0.282 e. The molecule has 0 amide bonds. The Morgan fingerprint density at radius 2 is 2.00 bits per heavy atom. The normalized spacial score (nSPS) is 19.2. The summed E-state index contributed by atoms with van der Waals surface area (Å²) in [7, 11) is 0. The molecule has 4 heteroatoms. The third kappa shape index (κ3) is 1.41. The summed E-state index contributed by atoms with van der Waals surface area (Å²) in [6, 6.07) is 5.48. The van der Waals surface area contributed by atoms with Crippen LogP contribution in [0.1, 0.15) is 5.56 Å². The van der Waals surface area contributed by atoms with Crippen LogP contribution in [0, 0.1) is 6.92 Å². The topological polar surface area (TPSA) is 29.3 Å². The number of nitrogens with zero attached hydrogens (tertiary/aromatic N) is 1. The number of halogens is 2. The highest BCUT2D eigenvalue weighted by molar-refractivity contribution is 5.72. The molecular weight excluding hydrogens is 186 g/mol. The maximum absolute atomic E-state index is 12.6. The predicted octanol–water partition coefficient (Wildman–Crippen LogP) is 2.03. The zero-order chi connectivity index (χ0) is 10.3. The summed E-state index contributed by atoms with van der Waals surface area (Å²) in [5, 5.41) is 0. The molecule has 1 aliphatic heterocycles. The second-order valence-corrected chi connectivity index (χ2v) is 3.72. The van der Waals surface area contributed by atoms with Gasteiger partial charge in [0.25, 0.3) is 5.92 Å². The van der Waals surface area contributed by atoms with E-state index in [2.05, 4.69) is 0 Å². The summed E-state index contributed by atoms with van der Waals surface area (Å²) in [4.78, 5) is 1.60. The number of hydrogen-bond acceptors (Lipinski definition) is 2. The summed E-state index contributed by atoms with van der Waals surface area (Å²) >= 11 is 0. The number of hydrogen-bond donors (Lipinski definition) is 1. The molecule has 1 saturated heterocycles. The van der Waals surface area contributed by atoms with Crippen molar-refractivity contribution in [2.24, 2.45) is 0 Å². The molecule has 1 aromatic rings. The van der Waals surface area contributed by atoms with Gasteiger partial charge in [0.15, 0.2) is 0 Å². The Morgan fingerprint density at radius 1 is 1.36 bits per heavy atom. The van der Waals surface area contributed by atoms with Crippen LogP contribution in [-0.4, -0.2) is 19.0 Å². The quantitative estimate of drug-likeness (QED) is 0.699. The zero-order valence-electron chi connectivity index (χ0n) is 7.93. The van der Waals surface area contributed by atoms with Gasteiger partial charge in [-0.2, -0.15) is 0 Å². The fourth-order valence-electron chi connectivity index (χ4n) is 1.62. The van der Waals surface area contributed by atoms with Crippen LogP contribution in [-0.2, 0) is 0 Å². The molecule has 1 fully saturated rings. The Balaban J connectivity index is 2.23. The lowest BCUT2D eigenvalue weighted by atomic mass is 10.1. The lowest BCUT2D eigenvalue weighted by Crippen LogP contribution is -2.56. The lowest BCUT2D eigenvalue weighted by Gasteiger charge is -2.41. The molecule has 0 aromatic heterocycles. The van der Waals surface area contributed by atoms with E-state index >= 15 is 0 Å². The van der Waals surface area contributed by atoms with Gasteiger partial charge in [0.05, 0.1) is 24.5 Å². The van der Waals surface area contributed by atoms with Gasteiger partial charge in [-0.15, -0.1) is 0 Å². The Kier molecular flexibility index (Phi) is 1.87. The molecule has 14 heavy (non-hydrogen) atoms. The van der Waals surface area contributed by atoms with Crippen LogP contribution < -0.4 is 10.6 Å². The molecule has 2 rings (SSSR count). The Hall–Kier alpha value is -1.32. The molecule has 1 heterocycles. The predicted molar refractivity (Wildman–Crippen MR) is 52.8 cm³/mol. The van der Waals surface area contributed by atoms with Crippen molar-refractivity contribution >= 4 is 11.4 Å². The van der Waals surface area contributed by atoms with Gasteiger partial charge in [-0.05, 0) is 18.6 Å². The first-order chi connectivity index (χ1) is 6.49. The van der Waals surface area contributed by atoms with Gasteiger partial charge in [0.2, 0.25) is 0 Å². The Bertz CT molecular complexity index is 355. The number of benzene rings is 1. The largest absolute Gasteiger partial charge is 0.397 e. The number of aryl methyl sites for hydroxylation is 1. The minimum atomic E-state index is -2.55. The molecule has 2 N–H and O–H groups in total. The van der Waals surface area contributed by atoms with E-state index in [1.807, 2.05) is 19.1 Å². The first kappa shape index (κ1) is 9.24. The molecule has 76 valence electrons. The van der Waals surface area contributed by atoms with E-state index in [0.29, 0.717) is 5.69 Å². The number of anilines is 2. The maximum atomic E-state index is 12.6. The minimum absolute atomic E-state index is 0.222. The van der Waals surface area contributed by atoms with Crippen molar-refractivity contribution in [1.29, 1.82) is 0 Å². The first-order valence-corrected chi connectivity index (χ1v) is 4.47. The molecule has 0 aliphatic carbocycles. The summed E-state index contributed by atoms with van der Waals surface area (Å²) in [6.45, 7) is 1.43. The summed E-state index contributed by atoms with van der Waals surface area (Å²) in [6.07, 6.45) is 0. The highest BCUT2D eigenvalue weighted by Crippen LogP contribution is 2.35. The van der Waals surface area contributed by atoms with Gasteiger partial charge in [-0.25, -0.2) is 8.78 Å². The average molecular weight is 198 g/mol. The third-order valence-corrected chi connectivity index (χ3v) is 2.49. The lowest BCUT2D eigenvalue weighted by molar-refractivity contribution is -0.0261. The molecular formula is C10H12F2N2. The van der Waals surface area contributed by atoms with Crippen molar-refractivity contribution in [3.63, 3.8) is 0 Å².